The fraction of sp³-hybridized carbons (Fsp3) is 0.105. The first-order chi connectivity index (χ1) is 19.6. The summed E-state index contributed by atoms with van der Waals surface area (Å²) in [5.74, 6) is 0. The molecule has 0 radical (unpaired) electrons. The van der Waals surface area contributed by atoms with Crippen molar-refractivity contribution in [2.45, 2.75) is 24.0 Å². The van der Waals surface area contributed by atoms with Gasteiger partial charge in [0.25, 0.3) is 0 Å². The number of aliphatic hydroxyl groups is 2. The Morgan fingerprint density at radius 3 is 1.07 bits per heavy atom. The van der Waals surface area contributed by atoms with E-state index in [4.69, 9.17) is 0 Å². The summed E-state index contributed by atoms with van der Waals surface area (Å²) in [7, 11) is 0. The summed E-state index contributed by atoms with van der Waals surface area (Å²) in [4.78, 5) is 0. The van der Waals surface area contributed by atoms with Crippen LogP contribution >= 0.6 is 0 Å². The topological polar surface area (TPSA) is 40.5 Å². The maximum absolute atomic E-state index is 13.8. The smallest absolute Gasteiger partial charge is 0.154 e. The Morgan fingerprint density at radius 1 is 0.425 bits per heavy atom. The highest BCUT2D eigenvalue weighted by molar-refractivity contribution is 6.08. The number of rotatable bonds is 1. The quantitative estimate of drug-likeness (QED) is 0.408. The van der Waals surface area contributed by atoms with Gasteiger partial charge in [0.1, 0.15) is 0 Å². The lowest BCUT2D eigenvalue weighted by molar-refractivity contribution is -0.0233. The predicted octanol–water partition coefficient (Wildman–Crippen LogP) is 7.43. The summed E-state index contributed by atoms with van der Waals surface area (Å²) < 4.78 is 0. The molecule has 2 N–H and O–H groups in total. The van der Waals surface area contributed by atoms with Crippen molar-refractivity contribution < 1.29 is 10.2 Å². The molecule has 7 aliphatic rings. The zero-order chi connectivity index (χ0) is 26.9. The third-order valence-electron chi connectivity index (χ3n) is 8.93. The average Bonchev–Trinajstić information content (AvgIpc) is 3.79. The van der Waals surface area contributed by atoms with E-state index in [9.17, 15) is 10.2 Å². The summed E-state index contributed by atoms with van der Waals surface area (Å²) in [5.41, 5.74) is 7.03. The van der Waals surface area contributed by atoms with Crippen LogP contribution in [-0.4, -0.2) is 21.4 Å². The van der Waals surface area contributed by atoms with Gasteiger partial charge in [-0.05, 0) is 57.4 Å². The minimum Gasteiger partial charge on any atom is -0.376 e. The monoisotopic (exact) mass is 516 g/mol. The maximum Gasteiger partial charge on any atom is 0.154 e. The van der Waals surface area contributed by atoms with E-state index in [1.807, 2.05) is 85.0 Å². The van der Waals surface area contributed by atoms with Crippen LogP contribution < -0.4 is 0 Å². The normalized spacial score (nSPS) is 24.1. The molecule has 40 heavy (non-hydrogen) atoms. The first-order valence-corrected chi connectivity index (χ1v) is 14.0. The molecule has 0 spiro atoms. The van der Waals surface area contributed by atoms with E-state index < -0.39 is 11.2 Å². The Labute approximate surface area is 234 Å². The first-order valence-electron chi connectivity index (χ1n) is 14.0. The summed E-state index contributed by atoms with van der Waals surface area (Å²) in [5, 5.41) is 27.6. The van der Waals surface area contributed by atoms with Crippen molar-refractivity contribution in [3.63, 3.8) is 0 Å². The summed E-state index contributed by atoms with van der Waals surface area (Å²) >= 11 is 0. The number of hydrogen-bond donors (Lipinski definition) is 2. The van der Waals surface area contributed by atoms with Gasteiger partial charge in [-0.3, -0.25) is 0 Å². The molecule has 1 saturated carbocycles. The van der Waals surface area contributed by atoms with Crippen molar-refractivity contribution in [2.75, 3.05) is 0 Å². The van der Waals surface area contributed by atoms with Gasteiger partial charge in [-0.2, -0.15) is 0 Å². The summed E-state index contributed by atoms with van der Waals surface area (Å²) in [6.07, 6.45) is 38.7. The largest absolute Gasteiger partial charge is 0.376 e. The van der Waals surface area contributed by atoms with Gasteiger partial charge in [0.05, 0.1) is 0 Å². The minimum absolute atomic E-state index is 0.736. The number of fused-ring (bicyclic) bond motifs is 2. The molecular formula is C38H28O2. The zero-order valence-electron chi connectivity index (χ0n) is 22.0. The van der Waals surface area contributed by atoms with Crippen LogP contribution in [0.15, 0.2) is 178 Å². The van der Waals surface area contributed by atoms with Crippen molar-refractivity contribution in [3.05, 3.63) is 189 Å². The van der Waals surface area contributed by atoms with E-state index >= 15 is 0 Å². The lowest BCUT2D eigenvalue weighted by atomic mass is 9.66. The molecular weight excluding hydrogens is 488 g/mol. The van der Waals surface area contributed by atoms with Crippen molar-refractivity contribution in [3.8, 4) is 0 Å². The molecule has 2 nitrogen and oxygen atoms in total. The molecule has 1 aromatic rings. The molecule has 2 heteroatoms. The van der Waals surface area contributed by atoms with Crippen LogP contribution in [0.4, 0.5) is 0 Å². The molecule has 0 atom stereocenters. The SMILES string of the molecule is OC1(C2(O)C(=C3C=CC=C3)c3ccccc3C2=C2C=CC=C2)C(=C2C=CC=C2)C2=CCCC=C2C1=C1C=CC=C1. The molecule has 0 bridgehead atoms. The van der Waals surface area contributed by atoms with Crippen LogP contribution in [0.2, 0.25) is 0 Å². The molecule has 1 aromatic carbocycles. The molecule has 0 unspecified atom stereocenters. The Balaban J connectivity index is 1.59. The number of allylic oxidation sites excluding steroid dienone is 22. The van der Waals surface area contributed by atoms with Crippen molar-refractivity contribution in [1.82, 2.24) is 0 Å². The Kier molecular flexibility index (Phi) is 4.97. The van der Waals surface area contributed by atoms with Gasteiger partial charge in [0.15, 0.2) is 11.2 Å². The second-order valence-electron chi connectivity index (χ2n) is 11.0. The molecule has 7 aliphatic carbocycles. The van der Waals surface area contributed by atoms with Gasteiger partial charge in [-0.25, -0.2) is 0 Å². The zero-order valence-corrected chi connectivity index (χ0v) is 22.0. The highest BCUT2D eigenvalue weighted by atomic mass is 16.4. The second kappa shape index (κ2) is 8.50. The van der Waals surface area contributed by atoms with E-state index in [-0.39, 0.29) is 0 Å². The number of benzene rings is 1. The molecule has 0 amide bonds. The molecule has 0 aliphatic heterocycles. The van der Waals surface area contributed by atoms with Crippen molar-refractivity contribution in [1.29, 1.82) is 0 Å². The van der Waals surface area contributed by atoms with E-state index in [0.717, 1.165) is 79.7 Å². The van der Waals surface area contributed by atoms with E-state index in [1.54, 1.807) is 0 Å². The lowest BCUT2D eigenvalue weighted by Gasteiger charge is -2.44. The van der Waals surface area contributed by atoms with Crippen LogP contribution in [-0.2, 0) is 0 Å². The average molecular weight is 517 g/mol. The van der Waals surface area contributed by atoms with Gasteiger partial charge < -0.3 is 10.2 Å². The van der Waals surface area contributed by atoms with E-state index in [0.29, 0.717) is 0 Å². The molecule has 0 aromatic heterocycles. The Hall–Kier alpha value is -4.50. The second-order valence-corrected chi connectivity index (χ2v) is 11.0. The lowest BCUT2D eigenvalue weighted by Crippen LogP contribution is -2.55. The third-order valence-corrected chi connectivity index (χ3v) is 8.93. The Morgan fingerprint density at radius 2 is 0.725 bits per heavy atom. The highest BCUT2D eigenvalue weighted by Gasteiger charge is 2.67. The van der Waals surface area contributed by atoms with Crippen molar-refractivity contribution >= 4 is 11.1 Å². The minimum atomic E-state index is -1.79. The van der Waals surface area contributed by atoms with Gasteiger partial charge in [-0.15, -0.1) is 0 Å². The Bertz CT molecular complexity index is 1660. The summed E-state index contributed by atoms with van der Waals surface area (Å²) in [6, 6.07) is 8.19. The van der Waals surface area contributed by atoms with Gasteiger partial charge in [0.2, 0.25) is 0 Å². The molecule has 0 saturated heterocycles. The molecule has 1 fully saturated rings. The maximum atomic E-state index is 13.8. The fourth-order valence-corrected chi connectivity index (χ4v) is 7.44. The standard InChI is InChI=1S/C38H28O2/c39-37(33(25-13-1-2-14-25)29-21-9-10-22-30(29)34(37)26-15-3-4-16-26)38(40)35(27-17-5-6-18-27)31-23-11-12-24-32(31)36(38)28-19-7-8-20-28/h1-10,13-24,39-40H,11-12H2. The summed E-state index contributed by atoms with van der Waals surface area (Å²) in [6.45, 7) is 0. The van der Waals surface area contributed by atoms with Gasteiger partial charge in [-0.1, -0.05) is 134 Å². The van der Waals surface area contributed by atoms with Gasteiger partial charge >= 0.3 is 0 Å². The number of hydrogen-bond acceptors (Lipinski definition) is 2. The van der Waals surface area contributed by atoms with Crippen molar-refractivity contribution in [2.24, 2.45) is 0 Å². The van der Waals surface area contributed by atoms with Crippen LogP contribution in [0.3, 0.4) is 0 Å². The first kappa shape index (κ1) is 23.4. The van der Waals surface area contributed by atoms with Crippen LogP contribution in [0, 0.1) is 0 Å². The van der Waals surface area contributed by atoms with Crippen LogP contribution in [0.5, 0.6) is 0 Å². The molecule has 192 valence electrons. The van der Waals surface area contributed by atoms with E-state index in [1.165, 1.54) is 0 Å². The third kappa shape index (κ3) is 2.90. The fourth-order valence-electron chi connectivity index (χ4n) is 7.44. The molecule has 8 rings (SSSR count). The highest BCUT2D eigenvalue weighted by Crippen LogP contribution is 2.66. The van der Waals surface area contributed by atoms with Crippen LogP contribution in [0.1, 0.15) is 24.0 Å². The van der Waals surface area contributed by atoms with E-state index in [2.05, 4.69) is 48.6 Å². The predicted molar refractivity (Wildman–Crippen MR) is 163 cm³/mol. The molecule has 0 heterocycles. The van der Waals surface area contributed by atoms with Gasteiger partial charge in [0, 0.05) is 22.3 Å². The van der Waals surface area contributed by atoms with Crippen LogP contribution in [0.25, 0.3) is 11.1 Å².